The molecular weight excluding hydrogens is 256 g/mol. The fraction of sp³-hybridized carbons (Fsp3) is 0.545. The van der Waals surface area contributed by atoms with Crippen LogP contribution in [0.1, 0.15) is 21.8 Å². The summed E-state index contributed by atoms with van der Waals surface area (Å²) in [5.41, 5.74) is 2.35. The molecule has 0 radical (unpaired) electrons. The minimum absolute atomic E-state index is 0.0779. The van der Waals surface area contributed by atoms with Gasteiger partial charge in [-0.3, -0.25) is 9.59 Å². The van der Waals surface area contributed by atoms with Crippen LogP contribution in [0.15, 0.2) is 5.51 Å². The Bertz CT molecular complexity index is 460. The lowest BCUT2D eigenvalue weighted by Gasteiger charge is -2.32. The normalized spacial score (nSPS) is 19.8. The summed E-state index contributed by atoms with van der Waals surface area (Å²) in [5, 5.41) is 8.73. The molecule has 1 amide bonds. The lowest BCUT2D eigenvalue weighted by molar-refractivity contribution is -0.141. The van der Waals surface area contributed by atoms with E-state index in [1.165, 1.54) is 11.3 Å². The molecule has 0 aromatic carbocycles. The van der Waals surface area contributed by atoms with E-state index in [1.54, 1.807) is 17.3 Å². The first-order chi connectivity index (χ1) is 8.58. The van der Waals surface area contributed by atoms with Crippen LogP contribution in [0.5, 0.6) is 0 Å². The third kappa shape index (κ3) is 2.85. The Morgan fingerprint density at radius 1 is 1.67 bits per heavy atom. The maximum Gasteiger partial charge on any atom is 0.306 e. The topological polar surface area (TPSA) is 79.7 Å². The predicted octanol–water partition coefficient (Wildman–Crippen LogP) is 0.767. The number of aliphatic carboxylic acids is 1. The third-order valence-corrected chi connectivity index (χ3v) is 3.68. The van der Waals surface area contributed by atoms with Crippen LogP contribution in [-0.2, 0) is 9.53 Å². The quantitative estimate of drug-likeness (QED) is 0.877. The van der Waals surface area contributed by atoms with E-state index in [-0.39, 0.29) is 12.3 Å². The molecule has 1 aliphatic rings. The van der Waals surface area contributed by atoms with Crippen molar-refractivity contribution >= 4 is 23.2 Å². The maximum absolute atomic E-state index is 12.2. The number of nitrogens with zero attached hydrogens (tertiary/aromatic N) is 2. The first kappa shape index (κ1) is 13.0. The summed E-state index contributed by atoms with van der Waals surface area (Å²) in [7, 11) is 0. The average molecular weight is 270 g/mol. The van der Waals surface area contributed by atoms with Gasteiger partial charge in [-0.25, -0.2) is 4.98 Å². The van der Waals surface area contributed by atoms with Gasteiger partial charge in [-0.2, -0.15) is 0 Å². The van der Waals surface area contributed by atoms with Crippen molar-refractivity contribution in [2.45, 2.75) is 19.4 Å². The van der Waals surface area contributed by atoms with E-state index < -0.39 is 12.1 Å². The van der Waals surface area contributed by atoms with E-state index in [0.717, 1.165) is 0 Å². The monoisotopic (exact) mass is 270 g/mol. The van der Waals surface area contributed by atoms with Gasteiger partial charge in [0.1, 0.15) is 4.88 Å². The number of carbonyl (C=O) groups excluding carboxylic acids is 1. The van der Waals surface area contributed by atoms with Gasteiger partial charge < -0.3 is 14.7 Å². The Morgan fingerprint density at radius 3 is 3.06 bits per heavy atom. The fourth-order valence-electron chi connectivity index (χ4n) is 1.87. The third-order valence-electron chi connectivity index (χ3n) is 2.77. The predicted molar refractivity (Wildman–Crippen MR) is 64.7 cm³/mol. The van der Waals surface area contributed by atoms with Gasteiger partial charge in [0.15, 0.2) is 0 Å². The molecule has 0 saturated carbocycles. The van der Waals surface area contributed by atoms with Crippen LogP contribution in [0.2, 0.25) is 0 Å². The highest BCUT2D eigenvalue weighted by molar-refractivity contribution is 7.11. The van der Waals surface area contributed by atoms with Gasteiger partial charge in [0.2, 0.25) is 0 Å². The van der Waals surface area contributed by atoms with Crippen LogP contribution in [0, 0.1) is 6.92 Å². The molecule has 1 saturated heterocycles. The molecule has 18 heavy (non-hydrogen) atoms. The summed E-state index contributed by atoms with van der Waals surface area (Å²) in [5.74, 6) is -1.00. The smallest absolute Gasteiger partial charge is 0.306 e. The van der Waals surface area contributed by atoms with Crippen LogP contribution in [0.4, 0.5) is 0 Å². The van der Waals surface area contributed by atoms with E-state index in [4.69, 9.17) is 9.84 Å². The van der Waals surface area contributed by atoms with Crippen LogP contribution in [0.25, 0.3) is 0 Å². The number of morpholine rings is 1. The largest absolute Gasteiger partial charge is 0.481 e. The van der Waals surface area contributed by atoms with Crippen LogP contribution >= 0.6 is 11.3 Å². The summed E-state index contributed by atoms with van der Waals surface area (Å²) in [6, 6.07) is 0. The van der Waals surface area contributed by atoms with Crippen LogP contribution < -0.4 is 0 Å². The zero-order valence-corrected chi connectivity index (χ0v) is 10.8. The first-order valence-corrected chi connectivity index (χ1v) is 6.48. The van der Waals surface area contributed by atoms with Gasteiger partial charge in [-0.05, 0) is 6.92 Å². The molecular formula is C11H14N2O4S. The minimum Gasteiger partial charge on any atom is -0.481 e. The molecule has 1 aliphatic heterocycles. The van der Waals surface area contributed by atoms with Crippen molar-refractivity contribution in [3.8, 4) is 0 Å². The van der Waals surface area contributed by atoms with Gasteiger partial charge in [0.25, 0.3) is 5.91 Å². The summed E-state index contributed by atoms with van der Waals surface area (Å²) in [4.78, 5) is 29.1. The van der Waals surface area contributed by atoms with E-state index in [1.807, 2.05) is 0 Å². The highest BCUT2D eigenvalue weighted by atomic mass is 32.1. The van der Waals surface area contributed by atoms with E-state index in [0.29, 0.717) is 30.3 Å². The summed E-state index contributed by atoms with van der Waals surface area (Å²) < 4.78 is 5.33. The number of aryl methyl sites for hydroxylation is 1. The maximum atomic E-state index is 12.2. The van der Waals surface area contributed by atoms with Crippen molar-refractivity contribution in [3.05, 3.63) is 16.1 Å². The number of amides is 1. The Balaban J connectivity index is 2.03. The second kappa shape index (κ2) is 5.45. The van der Waals surface area contributed by atoms with E-state index >= 15 is 0 Å². The Morgan fingerprint density at radius 2 is 2.44 bits per heavy atom. The molecule has 6 nitrogen and oxygen atoms in total. The van der Waals surface area contributed by atoms with Crippen molar-refractivity contribution in [2.75, 3.05) is 19.7 Å². The second-order valence-corrected chi connectivity index (χ2v) is 4.96. The van der Waals surface area contributed by atoms with Crippen LogP contribution in [-0.4, -0.2) is 52.7 Å². The lowest BCUT2D eigenvalue weighted by atomic mass is 10.2. The molecule has 1 aromatic heterocycles. The van der Waals surface area contributed by atoms with E-state index in [9.17, 15) is 9.59 Å². The standard InChI is InChI=1S/C11H14N2O4S/c1-7-10(18-6-12-7)11(16)13-2-3-17-8(5-13)4-9(14)15/h6,8H,2-5H2,1H3,(H,14,15). The van der Waals surface area contributed by atoms with Crippen molar-refractivity contribution in [2.24, 2.45) is 0 Å². The number of hydrogen-bond acceptors (Lipinski definition) is 5. The zero-order valence-electron chi connectivity index (χ0n) is 9.96. The Labute approximate surface area is 108 Å². The number of thiazole rings is 1. The molecule has 2 heterocycles. The molecule has 1 fully saturated rings. The highest BCUT2D eigenvalue weighted by Gasteiger charge is 2.27. The number of carboxylic acids is 1. The van der Waals surface area contributed by atoms with Gasteiger partial charge in [0, 0.05) is 13.1 Å². The van der Waals surface area contributed by atoms with Crippen LogP contribution in [0.3, 0.4) is 0 Å². The Kier molecular flexibility index (Phi) is 3.93. The zero-order chi connectivity index (χ0) is 13.1. The first-order valence-electron chi connectivity index (χ1n) is 5.60. The highest BCUT2D eigenvalue weighted by Crippen LogP contribution is 2.18. The van der Waals surface area contributed by atoms with Crippen molar-refractivity contribution in [1.29, 1.82) is 0 Å². The van der Waals surface area contributed by atoms with Crippen molar-refractivity contribution in [1.82, 2.24) is 9.88 Å². The number of ether oxygens (including phenoxy) is 1. The molecule has 2 rings (SSSR count). The van der Waals surface area contributed by atoms with Gasteiger partial charge >= 0.3 is 5.97 Å². The summed E-state index contributed by atoms with van der Waals surface area (Å²) in [6.45, 7) is 2.98. The summed E-state index contributed by atoms with van der Waals surface area (Å²) in [6.07, 6.45) is -0.501. The molecule has 1 unspecified atom stereocenters. The molecule has 0 aliphatic carbocycles. The van der Waals surface area contributed by atoms with Gasteiger partial charge in [-0.1, -0.05) is 0 Å². The number of carboxylic acid groups (broad SMARTS) is 1. The molecule has 1 N–H and O–H groups in total. The molecule has 0 bridgehead atoms. The number of aromatic nitrogens is 1. The van der Waals surface area contributed by atoms with Gasteiger partial charge in [0.05, 0.1) is 30.3 Å². The summed E-state index contributed by atoms with van der Waals surface area (Å²) >= 11 is 1.31. The van der Waals surface area contributed by atoms with E-state index in [2.05, 4.69) is 4.98 Å². The SMILES string of the molecule is Cc1ncsc1C(=O)N1CCOC(CC(=O)O)C1. The molecule has 0 spiro atoms. The Hall–Kier alpha value is -1.47. The van der Waals surface area contributed by atoms with Crippen molar-refractivity contribution in [3.63, 3.8) is 0 Å². The number of carbonyl (C=O) groups is 2. The molecule has 98 valence electrons. The lowest BCUT2D eigenvalue weighted by Crippen LogP contribution is -2.46. The second-order valence-electron chi connectivity index (χ2n) is 4.11. The number of rotatable bonds is 3. The molecule has 1 aromatic rings. The fourth-order valence-corrected chi connectivity index (χ4v) is 2.64. The number of hydrogen-bond donors (Lipinski definition) is 1. The van der Waals surface area contributed by atoms with Crippen molar-refractivity contribution < 1.29 is 19.4 Å². The minimum atomic E-state index is -0.914. The molecule has 1 atom stereocenters. The van der Waals surface area contributed by atoms with Gasteiger partial charge in [-0.15, -0.1) is 11.3 Å². The molecule has 7 heteroatoms. The average Bonchev–Trinajstić information content (AvgIpc) is 2.74.